The van der Waals surface area contributed by atoms with Crippen molar-refractivity contribution < 1.29 is 4.74 Å². The van der Waals surface area contributed by atoms with Gasteiger partial charge in [0.05, 0.1) is 7.11 Å². The molecule has 14 heavy (non-hydrogen) atoms. The fourth-order valence-corrected chi connectivity index (χ4v) is 1.70. The molecular weight excluding hydrogens is 200 g/mol. The maximum atomic E-state index is 10.8. The van der Waals surface area contributed by atoms with Crippen molar-refractivity contribution in [2.45, 2.75) is 0 Å². The van der Waals surface area contributed by atoms with E-state index in [0.29, 0.717) is 5.01 Å². The first-order valence-electron chi connectivity index (χ1n) is 3.99. The molecule has 1 aromatic carbocycles. The number of hydrogen-bond donors (Lipinski definition) is 1. The second-order valence-corrected chi connectivity index (χ2v) is 3.45. The van der Waals surface area contributed by atoms with E-state index in [0.717, 1.165) is 11.3 Å². The minimum Gasteiger partial charge on any atom is -0.497 e. The largest absolute Gasteiger partial charge is 0.497 e. The summed E-state index contributed by atoms with van der Waals surface area (Å²) >= 11 is 1.23. The number of benzene rings is 1. The Balaban J connectivity index is 2.38. The highest BCUT2D eigenvalue weighted by atomic mass is 32.1. The summed E-state index contributed by atoms with van der Waals surface area (Å²) in [5, 5.41) is 0.692. The SMILES string of the molecule is COc1ccc(-c2nc(=O)[nH]s2)cc1. The maximum Gasteiger partial charge on any atom is 0.355 e. The Kier molecular flexibility index (Phi) is 2.32. The van der Waals surface area contributed by atoms with E-state index in [4.69, 9.17) is 4.74 Å². The van der Waals surface area contributed by atoms with Crippen LogP contribution in [0.3, 0.4) is 0 Å². The molecule has 1 heterocycles. The molecule has 0 aliphatic carbocycles. The predicted octanol–water partition coefficient (Wildman–Crippen LogP) is 1.51. The zero-order valence-corrected chi connectivity index (χ0v) is 8.30. The van der Waals surface area contributed by atoms with Crippen LogP contribution in [-0.4, -0.2) is 16.5 Å². The molecule has 0 saturated carbocycles. The molecule has 0 spiro atoms. The number of ether oxygens (including phenoxy) is 1. The molecule has 72 valence electrons. The normalized spacial score (nSPS) is 10.1. The van der Waals surface area contributed by atoms with Crippen LogP contribution in [0.15, 0.2) is 29.1 Å². The molecule has 1 N–H and O–H groups in total. The number of H-pyrrole nitrogens is 1. The summed E-state index contributed by atoms with van der Waals surface area (Å²) in [6.07, 6.45) is 0. The van der Waals surface area contributed by atoms with Gasteiger partial charge in [-0.1, -0.05) is 0 Å². The highest BCUT2D eigenvalue weighted by molar-refractivity contribution is 7.09. The van der Waals surface area contributed by atoms with Crippen LogP contribution < -0.4 is 10.4 Å². The summed E-state index contributed by atoms with van der Waals surface area (Å²) < 4.78 is 7.56. The number of rotatable bonds is 2. The fraction of sp³-hybridized carbons (Fsp3) is 0.111. The molecule has 0 atom stereocenters. The molecule has 0 bridgehead atoms. The summed E-state index contributed by atoms with van der Waals surface area (Å²) in [6.45, 7) is 0. The van der Waals surface area contributed by atoms with E-state index in [2.05, 4.69) is 9.36 Å². The van der Waals surface area contributed by atoms with Crippen LogP contribution in [0.25, 0.3) is 10.6 Å². The lowest BCUT2D eigenvalue weighted by Crippen LogP contribution is -1.99. The van der Waals surface area contributed by atoms with Crippen molar-refractivity contribution >= 4 is 11.5 Å². The molecule has 4 nitrogen and oxygen atoms in total. The Hall–Kier alpha value is -1.62. The van der Waals surface area contributed by atoms with E-state index in [9.17, 15) is 4.79 Å². The number of aromatic nitrogens is 2. The molecular formula is C9H8N2O2S. The lowest BCUT2D eigenvalue weighted by Gasteiger charge is -1.99. The predicted molar refractivity (Wildman–Crippen MR) is 54.7 cm³/mol. The topological polar surface area (TPSA) is 55.0 Å². The first-order chi connectivity index (χ1) is 6.79. The van der Waals surface area contributed by atoms with E-state index >= 15 is 0 Å². The number of methoxy groups -OCH3 is 1. The van der Waals surface area contributed by atoms with Crippen LogP contribution in [-0.2, 0) is 0 Å². The lowest BCUT2D eigenvalue weighted by molar-refractivity contribution is 0.415. The van der Waals surface area contributed by atoms with Crippen LogP contribution >= 0.6 is 11.5 Å². The Bertz CT molecular complexity index is 472. The highest BCUT2D eigenvalue weighted by Gasteiger charge is 2.02. The molecule has 0 radical (unpaired) electrons. The minimum atomic E-state index is -0.305. The summed E-state index contributed by atoms with van der Waals surface area (Å²) in [4.78, 5) is 14.6. The quantitative estimate of drug-likeness (QED) is 0.813. The van der Waals surface area contributed by atoms with Gasteiger partial charge in [-0.05, 0) is 35.8 Å². The smallest absolute Gasteiger partial charge is 0.355 e. The van der Waals surface area contributed by atoms with E-state index in [1.807, 2.05) is 24.3 Å². The zero-order chi connectivity index (χ0) is 9.97. The standard InChI is InChI=1S/C9H8N2O2S/c1-13-7-4-2-6(3-5-7)8-10-9(12)11-14-8/h2-5H,1H3,(H,11,12). The van der Waals surface area contributed by atoms with Crippen LogP contribution in [0.5, 0.6) is 5.75 Å². The van der Waals surface area contributed by atoms with Gasteiger partial charge in [0.25, 0.3) is 0 Å². The molecule has 0 saturated heterocycles. The van der Waals surface area contributed by atoms with Crippen molar-refractivity contribution in [3.8, 4) is 16.3 Å². The van der Waals surface area contributed by atoms with Crippen molar-refractivity contribution in [2.24, 2.45) is 0 Å². The van der Waals surface area contributed by atoms with E-state index in [1.165, 1.54) is 11.5 Å². The van der Waals surface area contributed by atoms with Crippen molar-refractivity contribution in [3.05, 3.63) is 34.7 Å². The monoisotopic (exact) mass is 208 g/mol. The fourth-order valence-electron chi connectivity index (χ4n) is 1.09. The molecule has 0 aliphatic rings. The van der Waals surface area contributed by atoms with Gasteiger partial charge in [0.15, 0.2) is 0 Å². The summed E-state index contributed by atoms with van der Waals surface area (Å²) in [5.41, 5.74) is 0.606. The van der Waals surface area contributed by atoms with Crippen molar-refractivity contribution in [2.75, 3.05) is 7.11 Å². The van der Waals surface area contributed by atoms with Crippen molar-refractivity contribution in [3.63, 3.8) is 0 Å². The van der Waals surface area contributed by atoms with Crippen LogP contribution in [0.4, 0.5) is 0 Å². The zero-order valence-electron chi connectivity index (χ0n) is 7.48. The average Bonchev–Trinajstić information content (AvgIpc) is 2.65. The third-order valence-corrected chi connectivity index (χ3v) is 2.57. The van der Waals surface area contributed by atoms with E-state index in [1.54, 1.807) is 7.11 Å². The Morgan fingerprint density at radius 3 is 2.57 bits per heavy atom. The average molecular weight is 208 g/mol. The maximum absolute atomic E-state index is 10.8. The van der Waals surface area contributed by atoms with Crippen LogP contribution in [0.2, 0.25) is 0 Å². The third-order valence-electron chi connectivity index (χ3n) is 1.78. The molecule has 1 aromatic heterocycles. The second-order valence-electron chi connectivity index (χ2n) is 2.65. The molecule has 0 aliphatic heterocycles. The van der Waals surface area contributed by atoms with Gasteiger partial charge in [-0.25, -0.2) is 4.79 Å². The van der Waals surface area contributed by atoms with Crippen molar-refractivity contribution in [1.82, 2.24) is 9.36 Å². The second kappa shape index (κ2) is 3.63. The van der Waals surface area contributed by atoms with Crippen LogP contribution in [0.1, 0.15) is 0 Å². The highest BCUT2D eigenvalue weighted by Crippen LogP contribution is 2.21. The molecule has 2 rings (SSSR count). The van der Waals surface area contributed by atoms with E-state index < -0.39 is 0 Å². The van der Waals surface area contributed by atoms with Gasteiger partial charge in [-0.2, -0.15) is 4.98 Å². The van der Waals surface area contributed by atoms with Crippen molar-refractivity contribution in [1.29, 1.82) is 0 Å². The Morgan fingerprint density at radius 2 is 2.07 bits per heavy atom. The molecule has 0 amide bonds. The molecule has 0 unspecified atom stereocenters. The lowest BCUT2D eigenvalue weighted by atomic mass is 10.2. The molecule has 0 fully saturated rings. The van der Waals surface area contributed by atoms with Gasteiger partial charge in [0.2, 0.25) is 0 Å². The van der Waals surface area contributed by atoms with Gasteiger partial charge in [-0.3, -0.25) is 4.37 Å². The van der Waals surface area contributed by atoms with Gasteiger partial charge in [0, 0.05) is 5.56 Å². The number of nitrogens with one attached hydrogen (secondary N) is 1. The number of nitrogens with zero attached hydrogens (tertiary/aromatic N) is 1. The van der Waals surface area contributed by atoms with Gasteiger partial charge in [0.1, 0.15) is 10.8 Å². The van der Waals surface area contributed by atoms with Gasteiger partial charge < -0.3 is 4.74 Å². The van der Waals surface area contributed by atoms with Gasteiger partial charge in [-0.15, -0.1) is 0 Å². The first kappa shape index (κ1) is 8.96. The minimum absolute atomic E-state index is 0.305. The van der Waals surface area contributed by atoms with E-state index in [-0.39, 0.29) is 5.69 Å². The molecule has 2 aromatic rings. The Labute approximate surface area is 84.3 Å². The molecule has 5 heteroatoms. The summed E-state index contributed by atoms with van der Waals surface area (Å²) in [7, 11) is 1.61. The summed E-state index contributed by atoms with van der Waals surface area (Å²) in [6, 6.07) is 7.40. The summed E-state index contributed by atoms with van der Waals surface area (Å²) in [5.74, 6) is 0.789. The number of aromatic amines is 1. The third kappa shape index (κ3) is 1.67. The first-order valence-corrected chi connectivity index (χ1v) is 4.81. The Morgan fingerprint density at radius 1 is 1.36 bits per heavy atom. The number of hydrogen-bond acceptors (Lipinski definition) is 4. The van der Waals surface area contributed by atoms with Crippen LogP contribution in [0, 0.1) is 0 Å². The van der Waals surface area contributed by atoms with Gasteiger partial charge >= 0.3 is 5.69 Å².